The van der Waals surface area contributed by atoms with Crippen molar-refractivity contribution in [3.05, 3.63) is 22.2 Å². The summed E-state index contributed by atoms with van der Waals surface area (Å²) in [5.74, 6) is 1.08. The normalized spacial score (nSPS) is 15.8. The molecule has 1 amide bonds. The molecule has 7 heteroatoms. The van der Waals surface area contributed by atoms with Crippen molar-refractivity contribution < 1.29 is 14.3 Å². The number of hydrogen-bond donors (Lipinski definition) is 1. The molecule has 0 atom stereocenters. The molecule has 2 rings (SSSR count). The summed E-state index contributed by atoms with van der Waals surface area (Å²) in [4.78, 5) is 17.2. The van der Waals surface area contributed by atoms with Crippen LogP contribution in [-0.2, 0) is 0 Å². The predicted octanol–water partition coefficient (Wildman–Crippen LogP) is 2.22. The molecule has 0 aromatic heterocycles. The zero-order chi connectivity index (χ0) is 18.2. The number of hydrogen-bond acceptors (Lipinski definition) is 5. The highest BCUT2D eigenvalue weighted by Crippen LogP contribution is 2.36. The van der Waals surface area contributed by atoms with Gasteiger partial charge in [-0.1, -0.05) is 0 Å². The summed E-state index contributed by atoms with van der Waals surface area (Å²) < 4.78 is 11.6. The second-order valence-corrected chi connectivity index (χ2v) is 7.03. The third kappa shape index (κ3) is 5.87. The molecule has 1 aromatic rings. The molecule has 1 fully saturated rings. The van der Waals surface area contributed by atoms with E-state index in [0.717, 1.165) is 43.6 Å². The van der Waals surface area contributed by atoms with Crippen molar-refractivity contribution in [2.24, 2.45) is 0 Å². The lowest BCUT2D eigenvalue weighted by molar-refractivity contribution is 0.0949. The summed E-state index contributed by atoms with van der Waals surface area (Å²) >= 11 is 3.45. The maximum absolute atomic E-state index is 12.4. The summed E-state index contributed by atoms with van der Waals surface area (Å²) in [5, 5.41) is 2.98. The first kappa shape index (κ1) is 20.0. The van der Waals surface area contributed by atoms with E-state index in [0.29, 0.717) is 30.2 Å². The molecular formula is C18H28BrN3O3. The molecule has 1 aromatic carbocycles. The summed E-state index contributed by atoms with van der Waals surface area (Å²) in [7, 11) is 3.73. The molecule has 0 radical (unpaired) electrons. The van der Waals surface area contributed by atoms with Crippen LogP contribution < -0.4 is 14.8 Å². The van der Waals surface area contributed by atoms with Gasteiger partial charge in [0.2, 0.25) is 0 Å². The van der Waals surface area contributed by atoms with Gasteiger partial charge in [-0.15, -0.1) is 0 Å². The van der Waals surface area contributed by atoms with Gasteiger partial charge in [-0.25, -0.2) is 0 Å². The van der Waals surface area contributed by atoms with E-state index in [1.807, 2.05) is 6.92 Å². The number of amides is 1. The standard InChI is InChI=1S/C18H28BrN3O3/c1-4-25-17-15(19)12-14(13-16(17)24-3)18(23)20-6-5-7-22-10-8-21(2)9-11-22/h12-13H,4-11H2,1-3H3,(H,20,23). The van der Waals surface area contributed by atoms with Gasteiger partial charge in [-0.2, -0.15) is 0 Å². The zero-order valence-electron chi connectivity index (χ0n) is 15.3. The van der Waals surface area contributed by atoms with Crippen LogP contribution in [0.15, 0.2) is 16.6 Å². The van der Waals surface area contributed by atoms with Crippen molar-refractivity contribution in [1.82, 2.24) is 15.1 Å². The van der Waals surface area contributed by atoms with Crippen molar-refractivity contribution in [2.75, 3.05) is 60.0 Å². The molecule has 25 heavy (non-hydrogen) atoms. The van der Waals surface area contributed by atoms with Crippen molar-refractivity contribution in [1.29, 1.82) is 0 Å². The summed E-state index contributed by atoms with van der Waals surface area (Å²) in [5.41, 5.74) is 0.562. The molecule has 140 valence electrons. The van der Waals surface area contributed by atoms with Gasteiger partial charge >= 0.3 is 0 Å². The number of methoxy groups -OCH3 is 1. The predicted molar refractivity (Wildman–Crippen MR) is 103 cm³/mol. The average molecular weight is 414 g/mol. The molecule has 1 aliphatic heterocycles. The van der Waals surface area contributed by atoms with E-state index in [4.69, 9.17) is 9.47 Å². The van der Waals surface area contributed by atoms with Crippen LogP contribution in [0.5, 0.6) is 11.5 Å². The molecule has 6 nitrogen and oxygen atoms in total. The van der Waals surface area contributed by atoms with E-state index < -0.39 is 0 Å². The Kier molecular flexibility index (Phi) is 7.99. The van der Waals surface area contributed by atoms with Gasteiger partial charge in [0.25, 0.3) is 5.91 Å². The number of carbonyl (C=O) groups excluding carboxylic acids is 1. The number of piperazine rings is 1. The van der Waals surface area contributed by atoms with E-state index in [2.05, 4.69) is 38.1 Å². The SMILES string of the molecule is CCOc1c(Br)cc(C(=O)NCCCN2CCN(C)CC2)cc1OC. The van der Waals surface area contributed by atoms with Gasteiger partial charge < -0.3 is 24.6 Å². The first-order chi connectivity index (χ1) is 12.0. The van der Waals surface area contributed by atoms with E-state index >= 15 is 0 Å². The maximum Gasteiger partial charge on any atom is 0.251 e. The Hall–Kier alpha value is -1.31. The lowest BCUT2D eigenvalue weighted by Crippen LogP contribution is -2.45. The molecule has 0 spiro atoms. The highest BCUT2D eigenvalue weighted by atomic mass is 79.9. The molecule has 0 unspecified atom stereocenters. The number of nitrogens with zero attached hydrogens (tertiary/aromatic N) is 2. The number of likely N-dealkylation sites (N-methyl/N-ethyl adjacent to an activating group) is 1. The first-order valence-electron chi connectivity index (χ1n) is 8.74. The Morgan fingerprint density at radius 1 is 1.28 bits per heavy atom. The largest absolute Gasteiger partial charge is 0.493 e. The average Bonchev–Trinajstić information content (AvgIpc) is 2.61. The minimum atomic E-state index is -0.0968. The third-order valence-electron chi connectivity index (χ3n) is 4.31. The number of rotatable bonds is 8. The Morgan fingerprint density at radius 3 is 2.64 bits per heavy atom. The number of benzene rings is 1. The number of halogens is 1. The summed E-state index contributed by atoms with van der Waals surface area (Å²) in [6, 6.07) is 3.48. The molecule has 1 saturated heterocycles. The minimum Gasteiger partial charge on any atom is -0.493 e. The van der Waals surface area contributed by atoms with Gasteiger partial charge in [0.1, 0.15) is 0 Å². The zero-order valence-corrected chi connectivity index (χ0v) is 16.9. The second kappa shape index (κ2) is 9.99. The van der Waals surface area contributed by atoms with Crippen molar-refractivity contribution in [3.8, 4) is 11.5 Å². The van der Waals surface area contributed by atoms with E-state index in [1.54, 1.807) is 19.2 Å². The Labute approximate surface area is 158 Å². The van der Waals surface area contributed by atoms with Crippen LogP contribution in [0.1, 0.15) is 23.7 Å². The summed E-state index contributed by atoms with van der Waals surface area (Å²) in [6.45, 7) is 8.57. The highest BCUT2D eigenvalue weighted by Gasteiger charge is 2.16. The Bertz CT molecular complexity index is 575. The second-order valence-electron chi connectivity index (χ2n) is 6.18. The molecule has 1 heterocycles. The van der Waals surface area contributed by atoms with Crippen LogP contribution in [0.3, 0.4) is 0 Å². The lowest BCUT2D eigenvalue weighted by Gasteiger charge is -2.32. The number of nitrogens with one attached hydrogen (secondary N) is 1. The monoisotopic (exact) mass is 413 g/mol. The van der Waals surface area contributed by atoms with Crippen LogP contribution in [0, 0.1) is 0 Å². The quantitative estimate of drug-likeness (QED) is 0.662. The Morgan fingerprint density at radius 2 is 2.00 bits per heavy atom. The van der Waals surface area contributed by atoms with Gasteiger partial charge in [-0.3, -0.25) is 4.79 Å². The molecule has 1 aliphatic rings. The van der Waals surface area contributed by atoms with Crippen LogP contribution in [0.2, 0.25) is 0 Å². The van der Waals surface area contributed by atoms with Crippen LogP contribution in [0.25, 0.3) is 0 Å². The van der Waals surface area contributed by atoms with E-state index in [1.165, 1.54) is 0 Å². The summed E-state index contributed by atoms with van der Waals surface area (Å²) in [6.07, 6.45) is 0.949. The highest BCUT2D eigenvalue weighted by molar-refractivity contribution is 9.10. The molecule has 0 saturated carbocycles. The van der Waals surface area contributed by atoms with Crippen molar-refractivity contribution >= 4 is 21.8 Å². The number of ether oxygens (including phenoxy) is 2. The fourth-order valence-corrected chi connectivity index (χ4v) is 3.37. The smallest absolute Gasteiger partial charge is 0.251 e. The van der Waals surface area contributed by atoms with Gasteiger partial charge in [0.15, 0.2) is 11.5 Å². The fourth-order valence-electron chi connectivity index (χ4n) is 2.81. The van der Waals surface area contributed by atoms with E-state index in [-0.39, 0.29) is 5.91 Å². The van der Waals surface area contributed by atoms with Crippen molar-refractivity contribution in [2.45, 2.75) is 13.3 Å². The van der Waals surface area contributed by atoms with E-state index in [9.17, 15) is 4.79 Å². The fraction of sp³-hybridized carbons (Fsp3) is 0.611. The maximum atomic E-state index is 12.4. The molecule has 0 bridgehead atoms. The van der Waals surface area contributed by atoms with Crippen LogP contribution in [0.4, 0.5) is 0 Å². The molecular weight excluding hydrogens is 386 g/mol. The third-order valence-corrected chi connectivity index (χ3v) is 4.90. The van der Waals surface area contributed by atoms with Crippen LogP contribution in [-0.4, -0.2) is 75.7 Å². The Balaban J connectivity index is 1.83. The molecule has 0 aliphatic carbocycles. The minimum absolute atomic E-state index is 0.0968. The topological polar surface area (TPSA) is 54.0 Å². The number of carbonyl (C=O) groups is 1. The van der Waals surface area contributed by atoms with Gasteiger partial charge in [-0.05, 0) is 55.0 Å². The first-order valence-corrected chi connectivity index (χ1v) is 9.53. The molecule has 1 N–H and O–H groups in total. The lowest BCUT2D eigenvalue weighted by atomic mass is 10.2. The van der Waals surface area contributed by atoms with Crippen molar-refractivity contribution in [3.63, 3.8) is 0 Å². The van der Waals surface area contributed by atoms with Gasteiger partial charge in [0.05, 0.1) is 18.2 Å². The van der Waals surface area contributed by atoms with Crippen LogP contribution >= 0.6 is 15.9 Å². The van der Waals surface area contributed by atoms with Gasteiger partial charge in [0, 0.05) is 38.3 Å².